The van der Waals surface area contributed by atoms with Crippen LogP contribution in [-0.2, 0) is 0 Å². The lowest BCUT2D eigenvalue weighted by Crippen LogP contribution is -2.48. The Morgan fingerprint density at radius 3 is 2.74 bits per heavy atom. The van der Waals surface area contributed by atoms with Gasteiger partial charge in [-0.1, -0.05) is 35.6 Å². The molecule has 4 rings (SSSR count). The fourth-order valence-electron chi connectivity index (χ4n) is 3.45. The lowest BCUT2D eigenvalue weighted by atomic mass is 10.0. The van der Waals surface area contributed by atoms with Crippen molar-refractivity contribution in [3.05, 3.63) is 70.4 Å². The minimum atomic E-state index is -0.942. The van der Waals surface area contributed by atoms with Gasteiger partial charge in [0.05, 0.1) is 6.04 Å². The van der Waals surface area contributed by atoms with E-state index in [0.29, 0.717) is 30.5 Å². The maximum absolute atomic E-state index is 13.4. The summed E-state index contributed by atoms with van der Waals surface area (Å²) in [6, 6.07) is 12.5. The Hall–Kier alpha value is -3.50. The van der Waals surface area contributed by atoms with E-state index >= 15 is 0 Å². The number of nitrogen functional groups attached to an aromatic ring is 1. The topological polar surface area (TPSA) is 121 Å². The van der Waals surface area contributed by atoms with Crippen LogP contribution < -0.4 is 16.4 Å². The molecule has 0 aliphatic carbocycles. The quantitative estimate of drug-likeness (QED) is 0.448. The molecular formula is C21H20FN5O3S. The van der Waals surface area contributed by atoms with Gasteiger partial charge in [0.15, 0.2) is 5.13 Å². The summed E-state index contributed by atoms with van der Waals surface area (Å²) >= 11 is 1.08. The predicted molar refractivity (Wildman–Crippen MR) is 116 cm³/mol. The highest BCUT2D eigenvalue weighted by molar-refractivity contribution is 7.18. The first-order chi connectivity index (χ1) is 14.9. The van der Waals surface area contributed by atoms with Crippen molar-refractivity contribution in [1.82, 2.24) is 15.2 Å². The number of nitrogens with one attached hydrogen (secondary N) is 2. The average Bonchev–Trinajstić information content (AvgIpc) is 3.13. The van der Waals surface area contributed by atoms with Crippen molar-refractivity contribution in [3.8, 4) is 0 Å². The smallest absolute Gasteiger partial charge is 0.407 e. The molecule has 1 unspecified atom stereocenters. The number of benzene rings is 2. The number of hydrogen-bond acceptors (Lipinski definition) is 7. The molecule has 0 radical (unpaired) electrons. The van der Waals surface area contributed by atoms with Gasteiger partial charge < -0.3 is 21.5 Å². The number of piperazine rings is 1. The molecule has 1 fully saturated rings. The predicted octanol–water partition coefficient (Wildman–Crippen LogP) is 3.46. The fourth-order valence-corrected chi connectivity index (χ4v) is 4.32. The van der Waals surface area contributed by atoms with Crippen molar-refractivity contribution in [2.24, 2.45) is 0 Å². The highest BCUT2D eigenvalue weighted by atomic mass is 32.1. The van der Waals surface area contributed by atoms with Gasteiger partial charge >= 0.3 is 6.09 Å². The molecule has 1 atom stereocenters. The third kappa shape index (κ3) is 4.49. The molecular weight excluding hydrogens is 421 g/mol. The van der Waals surface area contributed by atoms with Crippen LogP contribution >= 0.6 is 11.3 Å². The molecule has 5 N–H and O–H groups in total. The number of carbonyl (C=O) groups is 2. The number of nitrogens with zero attached hydrogens (tertiary/aromatic N) is 2. The molecule has 1 aromatic heterocycles. The summed E-state index contributed by atoms with van der Waals surface area (Å²) in [7, 11) is 0. The summed E-state index contributed by atoms with van der Waals surface area (Å²) in [5.74, 6) is -0.817. The highest BCUT2D eigenvalue weighted by Crippen LogP contribution is 2.31. The zero-order valence-corrected chi connectivity index (χ0v) is 17.2. The number of ketones is 1. The molecule has 1 amide bonds. The van der Waals surface area contributed by atoms with Gasteiger partial charge in [-0.05, 0) is 29.8 Å². The van der Waals surface area contributed by atoms with Crippen LogP contribution in [0.2, 0.25) is 0 Å². The molecule has 3 aromatic rings. The first-order valence-corrected chi connectivity index (χ1v) is 10.4. The summed E-state index contributed by atoms with van der Waals surface area (Å²) in [6.07, 6.45) is -0.942. The Bertz CT molecular complexity index is 1120. The van der Waals surface area contributed by atoms with Crippen LogP contribution in [0.1, 0.15) is 26.8 Å². The largest absolute Gasteiger partial charge is 0.465 e. The first kappa shape index (κ1) is 20.8. The zero-order chi connectivity index (χ0) is 22.0. The minimum absolute atomic E-state index is 0.0729. The normalized spacial score (nSPS) is 16.2. The number of rotatable bonds is 5. The number of halogens is 1. The lowest BCUT2D eigenvalue weighted by molar-refractivity contribution is 0.104. The van der Waals surface area contributed by atoms with Gasteiger partial charge in [0.1, 0.15) is 16.5 Å². The van der Waals surface area contributed by atoms with E-state index in [9.17, 15) is 19.1 Å². The van der Waals surface area contributed by atoms with Crippen molar-refractivity contribution in [2.75, 3.05) is 30.7 Å². The molecule has 1 saturated heterocycles. The number of amides is 1. The van der Waals surface area contributed by atoms with Crippen LogP contribution in [0.5, 0.6) is 0 Å². The second-order valence-corrected chi connectivity index (χ2v) is 8.01. The molecule has 31 heavy (non-hydrogen) atoms. The van der Waals surface area contributed by atoms with E-state index in [4.69, 9.17) is 5.73 Å². The van der Waals surface area contributed by atoms with Crippen molar-refractivity contribution in [3.63, 3.8) is 0 Å². The maximum Gasteiger partial charge on any atom is 0.407 e. The number of carboxylic acid groups (broad SMARTS) is 1. The Balaban J connectivity index is 1.49. The van der Waals surface area contributed by atoms with Crippen LogP contribution in [0.3, 0.4) is 0 Å². The van der Waals surface area contributed by atoms with Crippen molar-refractivity contribution in [1.29, 1.82) is 0 Å². The second kappa shape index (κ2) is 8.70. The van der Waals surface area contributed by atoms with Gasteiger partial charge in [-0.15, -0.1) is 0 Å². The summed E-state index contributed by atoms with van der Waals surface area (Å²) in [5.41, 5.74) is 7.71. The molecule has 0 saturated carbocycles. The van der Waals surface area contributed by atoms with E-state index in [2.05, 4.69) is 15.6 Å². The maximum atomic E-state index is 13.4. The van der Waals surface area contributed by atoms with Crippen molar-refractivity contribution >= 4 is 39.9 Å². The highest BCUT2D eigenvalue weighted by Gasteiger charge is 2.27. The summed E-state index contributed by atoms with van der Waals surface area (Å²) < 4.78 is 13.4. The van der Waals surface area contributed by atoms with Crippen LogP contribution in [0, 0.1) is 5.82 Å². The molecule has 0 bridgehead atoms. The van der Waals surface area contributed by atoms with Gasteiger partial charge in [0, 0.05) is 30.9 Å². The number of thiazole rings is 1. The van der Waals surface area contributed by atoms with E-state index < -0.39 is 17.7 Å². The number of carbonyl (C=O) groups excluding carboxylic acids is 1. The standard InChI is InChI=1S/C21H20FN5O3S/c22-14-3-1-2-13(10-14)17(28)18-19(23)26-20(31-18)25-15-6-4-12(5-7-15)16-11-24-8-9-27(16)21(29)30/h1-7,10,16,24H,8-9,11,23H2,(H,25,26)(H,29,30). The SMILES string of the molecule is Nc1nc(Nc2ccc(C3CNCCN3C(=O)O)cc2)sc1C(=O)c1cccc(F)c1. The van der Waals surface area contributed by atoms with Crippen molar-refractivity contribution < 1.29 is 19.1 Å². The average molecular weight is 441 g/mol. The Kier molecular flexibility index (Phi) is 5.83. The molecule has 1 aliphatic heterocycles. The van der Waals surface area contributed by atoms with Gasteiger partial charge in [0.2, 0.25) is 5.78 Å². The third-order valence-electron chi connectivity index (χ3n) is 4.98. The van der Waals surface area contributed by atoms with Crippen LogP contribution in [0.4, 0.5) is 25.8 Å². The van der Waals surface area contributed by atoms with E-state index in [1.807, 2.05) is 24.3 Å². The van der Waals surface area contributed by atoms with Gasteiger partial charge in [-0.25, -0.2) is 14.2 Å². The van der Waals surface area contributed by atoms with E-state index in [1.54, 1.807) is 0 Å². The van der Waals surface area contributed by atoms with E-state index in [1.165, 1.54) is 23.1 Å². The molecule has 0 spiro atoms. The van der Waals surface area contributed by atoms with Gasteiger partial charge in [-0.2, -0.15) is 0 Å². The van der Waals surface area contributed by atoms with Crippen LogP contribution in [0.25, 0.3) is 0 Å². The summed E-state index contributed by atoms with van der Waals surface area (Å²) in [4.78, 5) is 30.0. The molecule has 10 heteroatoms. The molecule has 1 aliphatic rings. The van der Waals surface area contributed by atoms with Gasteiger partial charge in [-0.3, -0.25) is 9.69 Å². The molecule has 8 nitrogen and oxygen atoms in total. The number of aromatic nitrogens is 1. The first-order valence-electron chi connectivity index (χ1n) is 9.56. The number of nitrogens with two attached hydrogens (primary N) is 1. The number of anilines is 3. The Labute approximate surface area is 181 Å². The monoisotopic (exact) mass is 441 g/mol. The molecule has 160 valence electrons. The van der Waals surface area contributed by atoms with Crippen molar-refractivity contribution in [2.45, 2.75) is 6.04 Å². The van der Waals surface area contributed by atoms with Crippen LogP contribution in [0.15, 0.2) is 48.5 Å². The van der Waals surface area contributed by atoms with E-state index in [0.717, 1.165) is 23.0 Å². The third-order valence-corrected chi connectivity index (χ3v) is 5.97. The fraction of sp³-hybridized carbons (Fsp3) is 0.190. The summed E-state index contributed by atoms with van der Waals surface area (Å²) in [6.45, 7) is 1.61. The number of hydrogen-bond donors (Lipinski definition) is 4. The zero-order valence-electron chi connectivity index (χ0n) is 16.3. The minimum Gasteiger partial charge on any atom is -0.465 e. The molecule has 2 heterocycles. The van der Waals surface area contributed by atoms with E-state index in [-0.39, 0.29) is 22.3 Å². The molecule has 2 aromatic carbocycles. The second-order valence-electron chi connectivity index (χ2n) is 7.02. The summed E-state index contributed by atoms with van der Waals surface area (Å²) in [5, 5.41) is 16.1. The van der Waals surface area contributed by atoms with Gasteiger partial charge in [0.25, 0.3) is 0 Å². The van der Waals surface area contributed by atoms with Crippen LogP contribution in [-0.4, -0.2) is 46.5 Å². The Morgan fingerprint density at radius 1 is 1.26 bits per heavy atom. The lowest BCUT2D eigenvalue weighted by Gasteiger charge is -2.34. The Morgan fingerprint density at radius 2 is 2.03 bits per heavy atom.